The molecule has 0 amide bonds. The minimum Gasteiger partial charge on any atom is -0.507 e. The van der Waals surface area contributed by atoms with E-state index in [1.165, 1.54) is 0 Å². The predicted molar refractivity (Wildman–Crippen MR) is 150 cm³/mol. The summed E-state index contributed by atoms with van der Waals surface area (Å²) in [6.45, 7) is 0. The van der Waals surface area contributed by atoms with Gasteiger partial charge in [-0.3, -0.25) is 9.97 Å². The average molecular weight is 687 g/mol. The van der Waals surface area contributed by atoms with Gasteiger partial charge in [-0.1, -0.05) is 65.7 Å². The maximum atomic E-state index is 9.89. The molecule has 0 saturated heterocycles. The molecule has 3 aromatic carbocycles. The van der Waals surface area contributed by atoms with Gasteiger partial charge >= 0.3 is 0 Å². The van der Waals surface area contributed by atoms with Crippen molar-refractivity contribution in [1.29, 1.82) is 0 Å². The van der Waals surface area contributed by atoms with Crippen LogP contribution in [0.25, 0.3) is 45.0 Å². The second-order valence-corrected chi connectivity index (χ2v) is 8.35. The number of hydrogen-bond acceptors (Lipinski definition) is 5. The van der Waals surface area contributed by atoms with E-state index in [2.05, 4.69) is 21.0 Å². The van der Waals surface area contributed by atoms with Gasteiger partial charge in [-0.15, -0.1) is 24.3 Å². The summed E-state index contributed by atoms with van der Waals surface area (Å²) in [6.07, 6.45) is 3.58. The molecule has 0 aliphatic heterocycles. The number of phenolic OH excluding ortho intramolecular Hbond substituents is 2. The molecule has 6 rings (SSSR count). The number of aromatic nitrogens is 3. The van der Waals surface area contributed by atoms with Crippen molar-refractivity contribution in [3.05, 3.63) is 140 Å². The fourth-order valence-corrected chi connectivity index (χ4v) is 3.93. The minimum absolute atomic E-state index is 0. The predicted octanol–water partition coefficient (Wildman–Crippen LogP) is 7.44. The first kappa shape index (κ1) is 27.4. The molecule has 193 valence electrons. The second kappa shape index (κ2) is 13.2. The first-order valence-corrected chi connectivity index (χ1v) is 12.1. The summed E-state index contributed by atoms with van der Waals surface area (Å²) in [6, 6.07) is 40.7. The van der Waals surface area contributed by atoms with Crippen molar-refractivity contribution in [2.24, 2.45) is 0 Å². The molecule has 0 saturated carbocycles. The van der Waals surface area contributed by atoms with Crippen LogP contribution in [0.2, 0.25) is 0 Å². The fraction of sp³-hybridized carbons (Fsp3) is 0. The summed E-state index contributed by atoms with van der Waals surface area (Å²) in [5.41, 5.74) is 6.50. The van der Waals surface area contributed by atoms with Gasteiger partial charge in [-0.05, 0) is 48.5 Å². The molecule has 3 heterocycles. The van der Waals surface area contributed by atoms with E-state index in [1.54, 1.807) is 36.7 Å². The van der Waals surface area contributed by atoms with E-state index >= 15 is 0 Å². The molecule has 6 aromatic rings. The first-order chi connectivity index (χ1) is 18.7. The number of para-hydroxylation sites is 2. The Balaban J connectivity index is 0.000000177. The third-order valence-electron chi connectivity index (χ3n) is 5.79. The van der Waals surface area contributed by atoms with E-state index in [9.17, 15) is 10.2 Å². The molecule has 0 unspecified atom stereocenters. The third-order valence-corrected chi connectivity index (χ3v) is 5.79. The quantitative estimate of drug-likeness (QED) is 0.189. The second-order valence-electron chi connectivity index (χ2n) is 8.35. The van der Waals surface area contributed by atoms with Gasteiger partial charge in [0.05, 0.1) is 11.4 Å². The van der Waals surface area contributed by atoms with Gasteiger partial charge in [-0.2, -0.15) is 0 Å². The van der Waals surface area contributed by atoms with Crippen molar-refractivity contribution < 1.29 is 30.3 Å². The number of aromatic hydroxyl groups is 2. The molecule has 0 spiro atoms. The Kier molecular flexibility index (Phi) is 9.30. The van der Waals surface area contributed by atoms with Crippen LogP contribution in [0.4, 0.5) is 0 Å². The van der Waals surface area contributed by atoms with Gasteiger partial charge in [0.2, 0.25) is 0 Å². The summed E-state index contributed by atoms with van der Waals surface area (Å²) >= 11 is 0. The monoisotopic (exact) mass is 687 g/mol. The summed E-state index contributed by atoms with van der Waals surface area (Å²) in [4.78, 5) is 13.2. The molecule has 3 aromatic heterocycles. The largest absolute Gasteiger partial charge is 0.507 e. The van der Waals surface area contributed by atoms with Crippen LogP contribution in [0.5, 0.6) is 11.5 Å². The van der Waals surface area contributed by atoms with Crippen LogP contribution >= 0.6 is 0 Å². The van der Waals surface area contributed by atoms with Crippen LogP contribution in [0, 0.1) is 6.07 Å². The Morgan fingerprint density at radius 2 is 0.846 bits per heavy atom. The molecule has 0 aliphatic carbocycles. The Morgan fingerprint density at radius 3 is 1.28 bits per heavy atom. The number of nitrogens with zero attached hydrogens (tertiary/aromatic N) is 3. The minimum atomic E-state index is 0. The van der Waals surface area contributed by atoms with Gasteiger partial charge in [0.1, 0.15) is 11.5 Å². The normalized spacial score (nSPS) is 10.1. The van der Waals surface area contributed by atoms with Crippen LogP contribution in [0.3, 0.4) is 0 Å². The zero-order chi connectivity index (χ0) is 26.2. The van der Waals surface area contributed by atoms with Crippen LogP contribution in [0.1, 0.15) is 0 Å². The molecular formula is C33H24IrN3O2-. The zero-order valence-corrected chi connectivity index (χ0v) is 23.2. The van der Waals surface area contributed by atoms with Gasteiger partial charge in [-0.25, -0.2) is 4.98 Å². The molecule has 1 radical (unpaired) electrons. The van der Waals surface area contributed by atoms with E-state index in [4.69, 9.17) is 0 Å². The van der Waals surface area contributed by atoms with Gasteiger partial charge in [0, 0.05) is 55.0 Å². The van der Waals surface area contributed by atoms with E-state index < -0.39 is 0 Å². The smallest absolute Gasteiger partial charge is 0.124 e. The fourth-order valence-electron chi connectivity index (χ4n) is 3.93. The maximum Gasteiger partial charge on any atom is 0.124 e. The van der Waals surface area contributed by atoms with Crippen molar-refractivity contribution in [1.82, 2.24) is 15.0 Å². The summed E-state index contributed by atoms with van der Waals surface area (Å²) in [5.74, 6) is 0.379. The van der Waals surface area contributed by atoms with Gasteiger partial charge < -0.3 is 10.2 Å². The number of rotatable bonds is 4. The van der Waals surface area contributed by atoms with Crippen molar-refractivity contribution >= 4 is 0 Å². The molecule has 0 aliphatic rings. The van der Waals surface area contributed by atoms with Crippen LogP contribution in [-0.2, 0) is 20.1 Å². The number of pyridine rings is 3. The van der Waals surface area contributed by atoms with Gasteiger partial charge in [0.15, 0.2) is 0 Å². The molecule has 39 heavy (non-hydrogen) atoms. The Labute approximate surface area is 240 Å². The van der Waals surface area contributed by atoms with Crippen LogP contribution < -0.4 is 0 Å². The van der Waals surface area contributed by atoms with E-state index in [0.717, 1.165) is 22.5 Å². The Hall–Kier alpha value is -4.64. The number of hydrogen-bond donors (Lipinski definition) is 2. The van der Waals surface area contributed by atoms with Crippen molar-refractivity contribution in [3.63, 3.8) is 0 Å². The zero-order valence-electron chi connectivity index (χ0n) is 20.8. The first-order valence-electron chi connectivity index (χ1n) is 12.1. The molecule has 5 nitrogen and oxygen atoms in total. The van der Waals surface area contributed by atoms with Crippen LogP contribution in [0.15, 0.2) is 134 Å². The summed E-state index contributed by atoms with van der Waals surface area (Å²) in [7, 11) is 0. The summed E-state index contributed by atoms with van der Waals surface area (Å²) in [5, 5.41) is 19.8. The van der Waals surface area contributed by atoms with E-state index in [0.29, 0.717) is 22.5 Å². The molecule has 0 atom stereocenters. The molecule has 0 fully saturated rings. The van der Waals surface area contributed by atoms with Crippen molar-refractivity contribution in [2.45, 2.75) is 0 Å². The summed E-state index contributed by atoms with van der Waals surface area (Å²) < 4.78 is 0. The van der Waals surface area contributed by atoms with E-state index in [-0.39, 0.29) is 31.6 Å². The Morgan fingerprint density at radius 1 is 0.436 bits per heavy atom. The topological polar surface area (TPSA) is 79.1 Å². The average Bonchev–Trinajstić information content (AvgIpc) is 2.99. The molecular weight excluding hydrogens is 663 g/mol. The standard InChI is InChI=1S/C17H13NO2.C16H11N2.Ir/c19-16-10-3-1-6-12(16)14-8-5-9-15(18-14)13-7-2-4-11-17(13)20;1-3-10-17-15(8-1)13-6-5-7-14(12-13)16-9-2-4-11-18-16;/h1-11,19-20H;1-11H;/q;-1;. The molecule has 6 heteroatoms. The maximum absolute atomic E-state index is 9.89. The van der Waals surface area contributed by atoms with E-state index in [1.807, 2.05) is 97.1 Å². The van der Waals surface area contributed by atoms with Gasteiger partial charge in [0.25, 0.3) is 0 Å². The van der Waals surface area contributed by atoms with Crippen LogP contribution in [-0.4, -0.2) is 25.2 Å². The Bertz CT molecular complexity index is 1530. The number of benzene rings is 3. The number of phenols is 2. The van der Waals surface area contributed by atoms with Crippen molar-refractivity contribution in [2.75, 3.05) is 0 Å². The van der Waals surface area contributed by atoms with Crippen molar-refractivity contribution in [3.8, 4) is 56.5 Å². The third kappa shape index (κ3) is 6.82. The SMILES string of the molecule is Oc1ccccc1-c1cccc(-c2ccccc2O)n1.[Ir].[c-]1c(-c2ccccn2)cccc1-c1ccccn1. The molecule has 0 bridgehead atoms. The molecule has 2 N–H and O–H groups in total.